The van der Waals surface area contributed by atoms with Crippen LogP contribution in [0.2, 0.25) is 0 Å². The molecule has 0 bridgehead atoms. The van der Waals surface area contributed by atoms with Crippen LogP contribution in [0, 0.1) is 5.41 Å². The van der Waals surface area contributed by atoms with Crippen molar-refractivity contribution >= 4 is 11.0 Å². The van der Waals surface area contributed by atoms with Crippen LogP contribution in [-0.2, 0) is 0 Å². The highest BCUT2D eigenvalue weighted by atomic mass is 14.9. The second-order valence-corrected chi connectivity index (χ2v) is 4.97. The highest BCUT2D eigenvalue weighted by Gasteiger charge is 2.56. The number of H-pyrrole nitrogens is 1. The highest BCUT2D eigenvalue weighted by molar-refractivity contribution is 5.81. The molecule has 2 aromatic rings. The van der Waals surface area contributed by atoms with Gasteiger partial charge < -0.3 is 10.7 Å². The minimum atomic E-state index is 0.227. The van der Waals surface area contributed by atoms with Gasteiger partial charge in [-0.3, -0.25) is 0 Å². The third kappa shape index (κ3) is 1.07. The molecule has 1 saturated carbocycles. The average molecular weight is 201 g/mol. The van der Waals surface area contributed by atoms with Crippen LogP contribution in [0.4, 0.5) is 0 Å². The first-order valence-electron chi connectivity index (χ1n) is 5.30. The van der Waals surface area contributed by atoms with Crippen LogP contribution in [0.5, 0.6) is 0 Å². The van der Waals surface area contributed by atoms with E-state index in [2.05, 4.69) is 36.1 Å². The molecule has 2 aromatic heterocycles. The van der Waals surface area contributed by atoms with Crippen molar-refractivity contribution in [3.63, 3.8) is 0 Å². The number of hydrogen-bond donors (Lipinski definition) is 2. The molecule has 3 N–H and O–H groups in total. The van der Waals surface area contributed by atoms with E-state index in [1.807, 2.05) is 6.07 Å². The van der Waals surface area contributed by atoms with Crippen molar-refractivity contribution in [2.24, 2.45) is 11.1 Å². The van der Waals surface area contributed by atoms with Gasteiger partial charge in [0, 0.05) is 29.7 Å². The molecular formula is C12H15N3. The highest BCUT2D eigenvalue weighted by Crippen LogP contribution is 2.58. The van der Waals surface area contributed by atoms with Gasteiger partial charge in [0.25, 0.3) is 0 Å². The van der Waals surface area contributed by atoms with Crippen LogP contribution in [0.3, 0.4) is 0 Å². The lowest BCUT2D eigenvalue weighted by atomic mass is 10.0. The van der Waals surface area contributed by atoms with Gasteiger partial charge in [0.1, 0.15) is 5.65 Å². The van der Waals surface area contributed by atoms with Crippen molar-refractivity contribution in [1.82, 2.24) is 9.97 Å². The lowest BCUT2D eigenvalue weighted by Crippen LogP contribution is -2.06. The summed E-state index contributed by atoms with van der Waals surface area (Å²) in [7, 11) is 0. The largest absolute Gasteiger partial charge is 0.346 e. The van der Waals surface area contributed by atoms with E-state index in [9.17, 15) is 0 Å². The van der Waals surface area contributed by atoms with Crippen LogP contribution in [0.1, 0.15) is 25.3 Å². The Labute approximate surface area is 88.7 Å². The summed E-state index contributed by atoms with van der Waals surface area (Å²) in [6, 6.07) is 4.35. The fourth-order valence-corrected chi connectivity index (χ4v) is 2.51. The third-order valence-electron chi connectivity index (χ3n) is 3.73. The maximum atomic E-state index is 6.09. The van der Waals surface area contributed by atoms with Crippen molar-refractivity contribution in [1.29, 1.82) is 0 Å². The lowest BCUT2D eigenvalue weighted by Gasteiger charge is -2.00. The number of fused-ring (bicyclic) bond motifs is 1. The smallest absolute Gasteiger partial charge is 0.137 e. The summed E-state index contributed by atoms with van der Waals surface area (Å²) in [5, 5.41) is 1.21. The number of nitrogens with two attached hydrogens (primary N) is 1. The summed E-state index contributed by atoms with van der Waals surface area (Å²) in [6.45, 7) is 4.44. The van der Waals surface area contributed by atoms with Crippen molar-refractivity contribution in [3.05, 3.63) is 30.1 Å². The fraction of sp³-hybridized carbons (Fsp3) is 0.417. The summed E-state index contributed by atoms with van der Waals surface area (Å²) < 4.78 is 0. The lowest BCUT2D eigenvalue weighted by molar-refractivity contribution is 0.600. The molecule has 2 atom stereocenters. The van der Waals surface area contributed by atoms with Crippen LogP contribution >= 0.6 is 0 Å². The van der Waals surface area contributed by atoms with E-state index < -0.39 is 0 Å². The summed E-state index contributed by atoms with van der Waals surface area (Å²) in [5.74, 6) is 0.468. The molecule has 0 radical (unpaired) electrons. The number of pyridine rings is 1. The van der Waals surface area contributed by atoms with E-state index in [0.717, 1.165) is 5.65 Å². The minimum Gasteiger partial charge on any atom is -0.346 e. The van der Waals surface area contributed by atoms with Gasteiger partial charge in [0.2, 0.25) is 0 Å². The predicted molar refractivity (Wildman–Crippen MR) is 60.6 cm³/mol. The van der Waals surface area contributed by atoms with Gasteiger partial charge in [0.15, 0.2) is 0 Å². The van der Waals surface area contributed by atoms with Crippen molar-refractivity contribution in [2.45, 2.75) is 25.8 Å². The van der Waals surface area contributed by atoms with Gasteiger partial charge in [-0.15, -0.1) is 0 Å². The summed E-state index contributed by atoms with van der Waals surface area (Å²) in [4.78, 5) is 7.49. The number of hydrogen-bond acceptors (Lipinski definition) is 2. The molecule has 3 rings (SSSR count). The fourth-order valence-electron chi connectivity index (χ4n) is 2.51. The second-order valence-electron chi connectivity index (χ2n) is 4.97. The van der Waals surface area contributed by atoms with Gasteiger partial charge in [-0.2, -0.15) is 0 Å². The van der Waals surface area contributed by atoms with Gasteiger partial charge in [-0.1, -0.05) is 13.8 Å². The standard InChI is InChI=1S/C12H15N3/c1-12(2)9(10(12)13)8-6-15-11-7(8)4-3-5-14-11/h3-6,9-10H,13H2,1-2H3,(H,14,15)/t9-,10-/m1/s1. The Morgan fingerprint density at radius 3 is 2.87 bits per heavy atom. The maximum Gasteiger partial charge on any atom is 0.137 e. The Morgan fingerprint density at radius 2 is 2.20 bits per heavy atom. The Bertz CT molecular complexity index is 512. The Kier molecular flexibility index (Phi) is 1.55. The average Bonchev–Trinajstić information content (AvgIpc) is 2.63. The molecule has 3 nitrogen and oxygen atoms in total. The summed E-state index contributed by atoms with van der Waals surface area (Å²) in [6.07, 6.45) is 3.86. The van der Waals surface area contributed by atoms with Crippen molar-refractivity contribution in [3.8, 4) is 0 Å². The van der Waals surface area contributed by atoms with Crippen molar-refractivity contribution in [2.75, 3.05) is 0 Å². The van der Waals surface area contributed by atoms with Gasteiger partial charge in [0.05, 0.1) is 0 Å². The van der Waals surface area contributed by atoms with E-state index >= 15 is 0 Å². The second kappa shape index (κ2) is 2.61. The van der Waals surface area contributed by atoms with E-state index in [-0.39, 0.29) is 11.5 Å². The molecule has 2 heterocycles. The maximum absolute atomic E-state index is 6.09. The van der Waals surface area contributed by atoms with Crippen LogP contribution in [-0.4, -0.2) is 16.0 Å². The first-order valence-corrected chi connectivity index (χ1v) is 5.30. The van der Waals surface area contributed by atoms with Gasteiger partial charge in [-0.05, 0) is 23.1 Å². The molecule has 1 fully saturated rings. The number of nitrogens with one attached hydrogen (secondary N) is 1. The molecule has 78 valence electrons. The molecule has 0 saturated heterocycles. The SMILES string of the molecule is CC1(C)[C@H](N)[C@H]1c1c[nH]c2ncccc12. The van der Waals surface area contributed by atoms with Gasteiger partial charge in [-0.25, -0.2) is 4.98 Å². The molecule has 0 aromatic carbocycles. The molecule has 0 spiro atoms. The Balaban J connectivity index is 2.14. The Hall–Kier alpha value is -1.35. The zero-order chi connectivity index (χ0) is 10.6. The monoisotopic (exact) mass is 201 g/mol. The van der Waals surface area contributed by atoms with Crippen LogP contribution < -0.4 is 5.73 Å². The third-order valence-corrected chi connectivity index (χ3v) is 3.73. The molecule has 3 heteroatoms. The van der Waals surface area contributed by atoms with Crippen molar-refractivity contribution < 1.29 is 0 Å². The first-order chi connectivity index (χ1) is 7.12. The molecule has 1 aliphatic carbocycles. The number of rotatable bonds is 1. The molecule has 15 heavy (non-hydrogen) atoms. The molecular weight excluding hydrogens is 186 g/mol. The molecule has 0 aliphatic heterocycles. The summed E-state index contributed by atoms with van der Waals surface area (Å²) in [5.41, 5.74) is 8.60. The first kappa shape index (κ1) is 8.92. The van der Waals surface area contributed by atoms with Crippen LogP contribution in [0.25, 0.3) is 11.0 Å². The van der Waals surface area contributed by atoms with E-state index in [1.165, 1.54) is 10.9 Å². The predicted octanol–water partition coefficient (Wildman–Crippen LogP) is 2.01. The molecule has 0 unspecified atom stereocenters. The number of aromatic amines is 1. The van der Waals surface area contributed by atoms with E-state index in [1.54, 1.807) is 6.20 Å². The zero-order valence-corrected chi connectivity index (χ0v) is 8.99. The Morgan fingerprint density at radius 1 is 1.47 bits per heavy atom. The number of aromatic nitrogens is 2. The zero-order valence-electron chi connectivity index (χ0n) is 8.99. The van der Waals surface area contributed by atoms with Gasteiger partial charge >= 0.3 is 0 Å². The topological polar surface area (TPSA) is 54.7 Å². The summed E-state index contributed by atoms with van der Waals surface area (Å²) >= 11 is 0. The minimum absolute atomic E-state index is 0.227. The quantitative estimate of drug-likeness (QED) is 0.741. The number of nitrogens with zero attached hydrogens (tertiary/aromatic N) is 1. The molecule has 1 aliphatic rings. The van der Waals surface area contributed by atoms with Crippen LogP contribution in [0.15, 0.2) is 24.5 Å². The van der Waals surface area contributed by atoms with E-state index in [0.29, 0.717) is 5.92 Å². The van der Waals surface area contributed by atoms with E-state index in [4.69, 9.17) is 5.73 Å². The molecule has 0 amide bonds. The normalized spacial score (nSPS) is 28.2.